The van der Waals surface area contributed by atoms with E-state index < -0.39 is 17.1 Å². The van der Waals surface area contributed by atoms with Crippen molar-refractivity contribution in [3.8, 4) is 23.1 Å². The highest BCUT2D eigenvalue weighted by Gasteiger charge is 2.13. The first-order chi connectivity index (χ1) is 13.0. The summed E-state index contributed by atoms with van der Waals surface area (Å²) < 4.78 is 13.5. The van der Waals surface area contributed by atoms with Gasteiger partial charge in [-0.1, -0.05) is 41.9 Å². The third kappa shape index (κ3) is 3.94. The molecule has 3 aromatic rings. The van der Waals surface area contributed by atoms with Crippen LogP contribution in [0.3, 0.4) is 0 Å². The second-order valence-electron chi connectivity index (χ2n) is 5.32. The van der Waals surface area contributed by atoms with Crippen molar-refractivity contribution in [3.05, 3.63) is 74.8 Å². The molecule has 0 radical (unpaired) electrons. The van der Waals surface area contributed by atoms with Crippen LogP contribution in [0.1, 0.15) is 11.1 Å². The van der Waals surface area contributed by atoms with E-state index in [0.29, 0.717) is 5.56 Å². The van der Waals surface area contributed by atoms with Gasteiger partial charge in [0.1, 0.15) is 11.6 Å². The fraction of sp³-hybridized carbons (Fsp3) is 0. The summed E-state index contributed by atoms with van der Waals surface area (Å²) in [5.41, 5.74) is 2.85. The molecule has 134 valence electrons. The molecule has 1 aromatic heterocycles. The zero-order chi connectivity index (χ0) is 19.4. The van der Waals surface area contributed by atoms with E-state index in [1.165, 1.54) is 12.3 Å². The fourth-order valence-corrected chi connectivity index (χ4v) is 2.48. The van der Waals surface area contributed by atoms with Crippen molar-refractivity contribution in [2.45, 2.75) is 0 Å². The van der Waals surface area contributed by atoms with E-state index in [1.807, 2.05) is 6.07 Å². The van der Waals surface area contributed by atoms with Crippen molar-refractivity contribution in [2.24, 2.45) is 5.10 Å². The molecule has 0 unspecified atom stereocenters. The van der Waals surface area contributed by atoms with E-state index in [1.54, 1.807) is 30.3 Å². The van der Waals surface area contributed by atoms with Crippen molar-refractivity contribution in [2.75, 3.05) is 5.43 Å². The number of nitrogens with one attached hydrogen (secondary N) is 2. The predicted octanol–water partition coefficient (Wildman–Crippen LogP) is 3.25. The first-order valence-electron chi connectivity index (χ1n) is 7.56. The molecule has 9 heteroatoms. The maximum Gasteiger partial charge on any atom is 0.270 e. The minimum absolute atomic E-state index is 0.000509. The van der Waals surface area contributed by atoms with Gasteiger partial charge in [0.05, 0.1) is 16.9 Å². The second kappa shape index (κ2) is 7.68. The monoisotopic (exact) mass is 383 g/mol. The maximum atomic E-state index is 13.5. The highest BCUT2D eigenvalue weighted by molar-refractivity contribution is 6.32. The smallest absolute Gasteiger partial charge is 0.270 e. The molecule has 3 rings (SSSR count). The molecule has 7 nitrogen and oxygen atoms in total. The lowest BCUT2D eigenvalue weighted by Gasteiger charge is -2.06. The molecule has 0 atom stereocenters. The van der Waals surface area contributed by atoms with Crippen LogP contribution in [0.15, 0.2) is 52.4 Å². The molecule has 0 bridgehead atoms. The molecule has 27 heavy (non-hydrogen) atoms. The number of rotatable bonds is 4. The van der Waals surface area contributed by atoms with Gasteiger partial charge in [0.15, 0.2) is 11.6 Å². The van der Waals surface area contributed by atoms with Gasteiger partial charge >= 0.3 is 0 Å². The van der Waals surface area contributed by atoms with Crippen molar-refractivity contribution in [1.82, 2.24) is 9.97 Å². The van der Waals surface area contributed by atoms with E-state index in [0.717, 1.165) is 6.07 Å². The molecule has 3 N–H and O–H groups in total. The summed E-state index contributed by atoms with van der Waals surface area (Å²) in [4.78, 5) is 18.7. The third-order valence-electron chi connectivity index (χ3n) is 3.50. The van der Waals surface area contributed by atoms with Gasteiger partial charge in [0.25, 0.3) is 5.56 Å². The number of phenols is 1. The summed E-state index contributed by atoms with van der Waals surface area (Å²) in [7, 11) is 0. The number of hydrazone groups is 1. The van der Waals surface area contributed by atoms with Gasteiger partial charge in [-0.25, -0.2) is 14.8 Å². The SMILES string of the molecule is N#Cc1c(-c2ccccc2)nc(NN=Cc2cc(F)c(O)c(Cl)c2)[nH]c1=O. The van der Waals surface area contributed by atoms with Crippen LogP contribution in [-0.4, -0.2) is 21.3 Å². The van der Waals surface area contributed by atoms with E-state index >= 15 is 0 Å². The van der Waals surface area contributed by atoms with Crippen LogP contribution >= 0.6 is 11.6 Å². The molecular formula is C18H11ClFN5O2. The number of hydrogen-bond acceptors (Lipinski definition) is 6. The lowest BCUT2D eigenvalue weighted by Crippen LogP contribution is -2.16. The number of nitrogens with zero attached hydrogens (tertiary/aromatic N) is 3. The van der Waals surface area contributed by atoms with E-state index in [9.17, 15) is 19.6 Å². The summed E-state index contributed by atoms with van der Waals surface area (Å²) >= 11 is 5.70. The Balaban J connectivity index is 1.91. The molecule has 0 aliphatic carbocycles. The molecule has 0 aliphatic rings. The number of phenolic OH excluding ortho intramolecular Hbond substituents is 1. The van der Waals surface area contributed by atoms with Crippen LogP contribution in [0.25, 0.3) is 11.3 Å². The molecule has 0 aliphatic heterocycles. The zero-order valence-electron chi connectivity index (χ0n) is 13.6. The van der Waals surface area contributed by atoms with Crippen LogP contribution in [0, 0.1) is 17.1 Å². The Morgan fingerprint density at radius 3 is 2.74 bits per heavy atom. The van der Waals surface area contributed by atoms with Crippen LogP contribution in [0.2, 0.25) is 5.02 Å². The van der Waals surface area contributed by atoms with Gasteiger partial charge in [-0.05, 0) is 17.7 Å². The number of aromatic amines is 1. The molecule has 2 aromatic carbocycles. The number of halogens is 2. The predicted molar refractivity (Wildman–Crippen MR) is 99.3 cm³/mol. The number of H-pyrrole nitrogens is 1. The minimum atomic E-state index is -0.889. The number of nitriles is 1. The van der Waals surface area contributed by atoms with Crippen molar-refractivity contribution in [3.63, 3.8) is 0 Å². The Bertz CT molecular complexity index is 1100. The summed E-state index contributed by atoms with van der Waals surface area (Å²) in [6, 6.07) is 12.9. The van der Waals surface area contributed by atoms with Gasteiger partial charge in [-0.15, -0.1) is 0 Å². The van der Waals surface area contributed by atoms with Crippen LogP contribution in [-0.2, 0) is 0 Å². The number of aromatic nitrogens is 2. The largest absolute Gasteiger partial charge is 0.504 e. The average molecular weight is 384 g/mol. The lowest BCUT2D eigenvalue weighted by molar-refractivity contribution is 0.432. The molecule has 0 spiro atoms. The summed E-state index contributed by atoms with van der Waals surface area (Å²) in [5, 5.41) is 22.2. The van der Waals surface area contributed by atoms with Crippen LogP contribution in [0.5, 0.6) is 5.75 Å². The number of aromatic hydroxyl groups is 1. The first kappa shape index (κ1) is 18.1. The van der Waals surface area contributed by atoms with Gasteiger partial charge in [0, 0.05) is 5.56 Å². The van der Waals surface area contributed by atoms with Gasteiger partial charge in [-0.3, -0.25) is 9.78 Å². The van der Waals surface area contributed by atoms with Gasteiger partial charge in [-0.2, -0.15) is 10.4 Å². The maximum absolute atomic E-state index is 13.5. The Hall–Kier alpha value is -3.70. The number of anilines is 1. The molecular weight excluding hydrogens is 373 g/mol. The standard InChI is InChI=1S/C18H11ClFN5O2/c19-13-6-10(7-14(20)16(13)26)9-22-25-18-23-15(11-4-2-1-3-5-11)12(8-21)17(27)24-18/h1-7,9,26H,(H2,23,24,25,27). The summed E-state index contributed by atoms with van der Waals surface area (Å²) in [6.07, 6.45) is 1.23. The fourth-order valence-electron chi connectivity index (χ4n) is 2.26. The zero-order valence-corrected chi connectivity index (χ0v) is 14.3. The van der Waals surface area contributed by atoms with Crippen molar-refractivity contribution < 1.29 is 9.50 Å². The molecule has 0 saturated carbocycles. The molecule has 0 fully saturated rings. The van der Waals surface area contributed by atoms with E-state index in [2.05, 4.69) is 20.5 Å². The molecule has 0 amide bonds. The molecule has 1 heterocycles. The van der Waals surface area contributed by atoms with Crippen molar-refractivity contribution in [1.29, 1.82) is 5.26 Å². The topological polar surface area (TPSA) is 114 Å². The third-order valence-corrected chi connectivity index (χ3v) is 3.79. The quantitative estimate of drug-likeness (QED) is 0.472. The van der Waals surface area contributed by atoms with Crippen LogP contribution < -0.4 is 11.0 Å². The Morgan fingerprint density at radius 2 is 2.07 bits per heavy atom. The van der Waals surface area contributed by atoms with Crippen molar-refractivity contribution >= 4 is 23.8 Å². The Labute approximate surface area is 157 Å². The Morgan fingerprint density at radius 1 is 1.33 bits per heavy atom. The van der Waals surface area contributed by atoms with E-state index in [4.69, 9.17) is 11.6 Å². The number of hydrogen-bond donors (Lipinski definition) is 3. The molecule has 0 saturated heterocycles. The van der Waals surface area contributed by atoms with E-state index in [-0.39, 0.29) is 27.8 Å². The second-order valence-corrected chi connectivity index (χ2v) is 5.73. The van der Waals surface area contributed by atoms with Gasteiger partial charge in [0.2, 0.25) is 5.95 Å². The average Bonchev–Trinajstić information content (AvgIpc) is 2.66. The normalized spacial score (nSPS) is 10.7. The Kier molecular flexibility index (Phi) is 5.15. The highest BCUT2D eigenvalue weighted by Crippen LogP contribution is 2.27. The summed E-state index contributed by atoms with van der Waals surface area (Å²) in [6.45, 7) is 0. The van der Waals surface area contributed by atoms with Crippen LogP contribution in [0.4, 0.5) is 10.3 Å². The minimum Gasteiger partial charge on any atom is -0.504 e. The summed E-state index contributed by atoms with van der Waals surface area (Å²) in [5.74, 6) is -1.54. The lowest BCUT2D eigenvalue weighted by atomic mass is 10.1. The highest BCUT2D eigenvalue weighted by atomic mass is 35.5. The first-order valence-corrected chi connectivity index (χ1v) is 7.94. The van der Waals surface area contributed by atoms with Gasteiger partial charge < -0.3 is 5.11 Å². The number of benzene rings is 2.